The molecule has 1 nitrogen and oxygen atoms in total. The molecule has 0 radical (unpaired) electrons. The zero-order valence-corrected chi connectivity index (χ0v) is 9.60. The highest BCUT2D eigenvalue weighted by atomic mass is 14.6. The molecule has 0 aromatic rings. The van der Waals surface area contributed by atoms with Crippen molar-refractivity contribution >= 4 is 0 Å². The summed E-state index contributed by atoms with van der Waals surface area (Å²) in [6.45, 7) is 2.26. The molecule has 1 rings (SSSR count). The third-order valence-electron chi connectivity index (χ3n) is 3.17. The minimum atomic E-state index is 0.374. The Balaban J connectivity index is 2.00. The average molecular weight is 195 g/mol. The molecular formula is C13H25N. The Kier molecular flexibility index (Phi) is 5.93. The molecule has 0 amide bonds. The Morgan fingerprint density at radius 2 is 2.07 bits per heavy atom. The third kappa shape index (κ3) is 4.28. The molecule has 2 N–H and O–H groups in total. The van der Waals surface area contributed by atoms with E-state index in [2.05, 4.69) is 13.0 Å². The Morgan fingerprint density at radius 3 is 2.71 bits per heavy atom. The predicted octanol–water partition coefficient (Wildman–Crippen LogP) is 3.78. The summed E-state index contributed by atoms with van der Waals surface area (Å²) < 4.78 is 0. The highest BCUT2D eigenvalue weighted by Gasteiger charge is 2.11. The summed E-state index contributed by atoms with van der Waals surface area (Å²) in [7, 11) is 0. The normalized spacial score (nSPS) is 18.3. The van der Waals surface area contributed by atoms with Gasteiger partial charge in [0.1, 0.15) is 0 Å². The summed E-state index contributed by atoms with van der Waals surface area (Å²) in [5.41, 5.74) is 7.65. The lowest BCUT2D eigenvalue weighted by molar-refractivity contribution is 0.567. The molecule has 14 heavy (non-hydrogen) atoms. The molecule has 0 aromatic heterocycles. The van der Waals surface area contributed by atoms with Crippen LogP contribution >= 0.6 is 0 Å². The van der Waals surface area contributed by atoms with Crippen molar-refractivity contribution in [1.29, 1.82) is 0 Å². The van der Waals surface area contributed by atoms with Gasteiger partial charge in [0.05, 0.1) is 0 Å². The van der Waals surface area contributed by atoms with E-state index >= 15 is 0 Å². The van der Waals surface area contributed by atoms with Gasteiger partial charge >= 0.3 is 0 Å². The van der Waals surface area contributed by atoms with Crippen LogP contribution in [0.1, 0.15) is 64.7 Å². The van der Waals surface area contributed by atoms with Crippen molar-refractivity contribution in [2.45, 2.75) is 70.8 Å². The maximum absolute atomic E-state index is 6.13. The number of rotatable bonds is 7. The van der Waals surface area contributed by atoms with Crippen molar-refractivity contribution in [1.82, 2.24) is 0 Å². The molecule has 1 atom stereocenters. The minimum Gasteiger partial charge on any atom is -0.324 e. The van der Waals surface area contributed by atoms with Crippen LogP contribution in [0.3, 0.4) is 0 Å². The molecule has 0 spiro atoms. The van der Waals surface area contributed by atoms with Gasteiger partial charge < -0.3 is 5.73 Å². The van der Waals surface area contributed by atoms with Gasteiger partial charge in [0, 0.05) is 6.04 Å². The van der Waals surface area contributed by atoms with Gasteiger partial charge in [0.2, 0.25) is 0 Å². The number of allylic oxidation sites excluding steroid dienone is 1. The van der Waals surface area contributed by atoms with E-state index in [1.54, 1.807) is 0 Å². The Morgan fingerprint density at radius 1 is 1.29 bits per heavy atom. The third-order valence-corrected chi connectivity index (χ3v) is 3.17. The van der Waals surface area contributed by atoms with Gasteiger partial charge in [-0.2, -0.15) is 0 Å². The Bertz CT molecular complexity index is 172. The average Bonchev–Trinajstić information content (AvgIpc) is 2.70. The van der Waals surface area contributed by atoms with E-state index in [1.165, 1.54) is 63.4 Å². The first-order valence-corrected chi connectivity index (χ1v) is 6.29. The largest absolute Gasteiger partial charge is 0.324 e. The first-order chi connectivity index (χ1) is 6.84. The molecule has 0 fully saturated rings. The summed E-state index contributed by atoms with van der Waals surface area (Å²) in [6.07, 6.45) is 14.2. The summed E-state index contributed by atoms with van der Waals surface area (Å²) in [6, 6.07) is 0.374. The van der Waals surface area contributed by atoms with Gasteiger partial charge in [-0.3, -0.25) is 0 Å². The fourth-order valence-electron chi connectivity index (χ4n) is 2.19. The Hall–Kier alpha value is -0.300. The zero-order chi connectivity index (χ0) is 10.2. The Labute approximate surface area is 88.8 Å². The number of nitrogens with two attached hydrogens (primary N) is 1. The SMILES string of the molecule is CCCCCCCC(N)C1=CCCC1. The number of hydrogen-bond donors (Lipinski definition) is 1. The molecule has 82 valence electrons. The molecular weight excluding hydrogens is 170 g/mol. The van der Waals surface area contributed by atoms with Crippen LogP contribution in [-0.4, -0.2) is 6.04 Å². The topological polar surface area (TPSA) is 26.0 Å². The van der Waals surface area contributed by atoms with E-state index in [1.807, 2.05) is 0 Å². The molecule has 0 heterocycles. The second-order valence-electron chi connectivity index (χ2n) is 4.48. The first-order valence-electron chi connectivity index (χ1n) is 6.29. The molecule has 0 saturated carbocycles. The molecule has 1 unspecified atom stereocenters. The number of hydrogen-bond acceptors (Lipinski definition) is 1. The first kappa shape index (κ1) is 11.8. The summed E-state index contributed by atoms with van der Waals surface area (Å²) >= 11 is 0. The fraction of sp³-hybridized carbons (Fsp3) is 0.846. The van der Waals surface area contributed by atoms with Crippen molar-refractivity contribution in [2.24, 2.45) is 5.73 Å². The van der Waals surface area contributed by atoms with E-state index < -0.39 is 0 Å². The monoisotopic (exact) mass is 195 g/mol. The molecule has 1 aliphatic rings. The maximum atomic E-state index is 6.13. The lowest BCUT2D eigenvalue weighted by Gasteiger charge is -2.12. The highest BCUT2D eigenvalue weighted by Crippen LogP contribution is 2.22. The van der Waals surface area contributed by atoms with Gasteiger partial charge in [-0.1, -0.05) is 50.7 Å². The van der Waals surface area contributed by atoms with Crippen molar-refractivity contribution in [3.63, 3.8) is 0 Å². The molecule has 0 bridgehead atoms. The van der Waals surface area contributed by atoms with Crippen molar-refractivity contribution in [3.05, 3.63) is 11.6 Å². The van der Waals surface area contributed by atoms with Crippen LogP contribution in [0, 0.1) is 0 Å². The van der Waals surface area contributed by atoms with Gasteiger partial charge in [0.15, 0.2) is 0 Å². The van der Waals surface area contributed by atoms with Crippen LogP contribution in [0.4, 0.5) is 0 Å². The summed E-state index contributed by atoms with van der Waals surface area (Å²) in [4.78, 5) is 0. The maximum Gasteiger partial charge on any atom is 0.0253 e. The molecule has 0 aliphatic heterocycles. The predicted molar refractivity (Wildman–Crippen MR) is 63.3 cm³/mol. The molecule has 1 aliphatic carbocycles. The lowest BCUT2D eigenvalue weighted by atomic mass is 10.0. The summed E-state index contributed by atoms with van der Waals surface area (Å²) in [5, 5.41) is 0. The van der Waals surface area contributed by atoms with Crippen LogP contribution < -0.4 is 5.73 Å². The van der Waals surface area contributed by atoms with E-state index in [-0.39, 0.29) is 0 Å². The van der Waals surface area contributed by atoms with Gasteiger partial charge in [-0.25, -0.2) is 0 Å². The van der Waals surface area contributed by atoms with Crippen LogP contribution in [0.5, 0.6) is 0 Å². The standard InChI is InChI=1S/C13H25N/c1-2-3-4-5-6-11-13(14)12-9-7-8-10-12/h9,13H,2-8,10-11,14H2,1H3. The van der Waals surface area contributed by atoms with E-state index in [4.69, 9.17) is 5.73 Å². The van der Waals surface area contributed by atoms with Gasteiger partial charge in [0.25, 0.3) is 0 Å². The molecule has 1 heteroatoms. The quantitative estimate of drug-likeness (QED) is 0.485. The van der Waals surface area contributed by atoms with Crippen LogP contribution in [0.25, 0.3) is 0 Å². The van der Waals surface area contributed by atoms with E-state index in [9.17, 15) is 0 Å². The lowest BCUT2D eigenvalue weighted by Crippen LogP contribution is -2.21. The second-order valence-corrected chi connectivity index (χ2v) is 4.48. The van der Waals surface area contributed by atoms with E-state index in [0.29, 0.717) is 6.04 Å². The smallest absolute Gasteiger partial charge is 0.0253 e. The molecule has 0 aromatic carbocycles. The second kappa shape index (κ2) is 7.05. The zero-order valence-electron chi connectivity index (χ0n) is 9.60. The van der Waals surface area contributed by atoms with Crippen molar-refractivity contribution < 1.29 is 0 Å². The van der Waals surface area contributed by atoms with Gasteiger partial charge in [-0.15, -0.1) is 0 Å². The van der Waals surface area contributed by atoms with Crippen LogP contribution in [0.15, 0.2) is 11.6 Å². The highest BCUT2D eigenvalue weighted by molar-refractivity contribution is 5.14. The fourth-order valence-corrected chi connectivity index (χ4v) is 2.19. The van der Waals surface area contributed by atoms with Crippen LogP contribution in [0.2, 0.25) is 0 Å². The minimum absolute atomic E-state index is 0.374. The van der Waals surface area contributed by atoms with Gasteiger partial charge in [-0.05, 0) is 25.7 Å². The van der Waals surface area contributed by atoms with Crippen molar-refractivity contribution in [3.8, 4) is 0 Å². The van der Waals surface area contributed by atoms with Crippen LogP contribution in [-0.2, 0) is 0 Å². The summed E-state index contributed by atoms with van der Waals surface area (Å²) in [5.74, 6) is 0. The number of unbranched alkanes of at least 4 members (excludes halogenated alkanes) is 4. The van der Waals surface area contributed by atoms with E-state index in [0.717, 1.165) is 0 Å². The van der Waals surface area contributed by atoms with Crippen molar-refractivity contribution in [2.75, 3.05) is 0 Å². The molecule has 0 saturated heterocycles.